The van der Waals surface area contributed by atoms with Crippen LogP contribution in [-0.2, 0) is 4.79 Å². The third-order valence-electron chi connectivity index (χ3n) is 5.58. The predicted molar refractivity (Wildman–Crippen MR) is 100 cm³/mol. The second kappa shape index (κ2) is 7.85. The maximum absolute atomic E-state index is 13.0. The van der Waals surface area contributed by atoms with Crippen molar-refractivity contribution >= 4 is 5.91 Å². The Bertz CT molecular complexity index is 1060. The molecular formula is C21H17F2N5O2. The van der Waals surface area contributed by atoms with Crippen molar-refractivity contribution in [2.45, 2.75) is 19.5 Å². The highest BCUT2D eigenvalue weighted by Gasteiger charge is 2.55. The van der Waals surface area contributed by atoms with Crippen LogP contribution in [-0.4, -0.2) is 30.5 Å². The number of para-hydroxylation sites is 1. The summed E-state index contributed by atoms with van der Waals surface area (Å²) < 4.78 is 30.7. The summed E-state index contributed by atoms with van der Waals surface area (Å²) >= 11 is 0. The lowest BCUT2D eigenvalue weighted by Gasteiger charge is -2.45. The zero-order chi connectivity index (χ0) is 22.1. The molecule has 9 heteroatoms. The summed E-state index contributed by atoms with van der Waals surface area (Å²) in [7, 11) is 0. The first-order valence-electron chi connectivity index (χ1n) is 9.03. The van der Waals surface area contributed by atoms with Crippen LogP contribution in [0.25, 0.3) is 0 Å². The van der Waals surface area contributed by atoms with Crippen LogP contribution in [0.4, 0.5) is 8.78 Å². The largest absolute Gasteiger partial charge is 0.435 e. The number of alkyl halides is 2. The van der Waals surface area contributed by atoms with E-state index < -0.39 is 23.9 Å². The molecule has 2 aliphatic rings. The fraction of sp³-hybridized carbons (Fsp3) is 0.333. The van der Waals surface area contributed by atoms with Crippen molar-refractivity contribution in [3.8, 4) is 24.0 Å². The van der Waals surface area contributed by atoms with Crippen LogP contribution in [0.1, 0.15) is 18.4 Å². The van der Waals surface area contributed by atoms with E-state index in [1.807, 2.05) is 18.2 Å². The van der Waals surface area contributed by atoms with Crippen molar-refractivity contribution in [3.63, 3.8) is 0 Å². The molecule has 0 bridgehead atoms. The Labute approximate surface area is 171 Å². The van der Waals surface area contributed by atoms with Gasteiger partial charge in [0.05, 0.1) is 23.4 Å². The maximum Gasteiger partial charge on any atom is 0.387 e. The van der Waals surface area contributed by atoms with Crippen LogP contribution in [0.3, 0.4) is 0 Å². The molecule has 0 saturated carbocycles. The van der Waals surface area contributed by atoms with Gasteiger partial charge in [-0.15, -0.1) is 0 Å². The van der Waals surface area contributed by atoms with E-state index >= 15 is 0 Å². The molecule has 30 heavy (non-hydrogen) atoms. The first-order valence-corrected chi connectivity index (χ1v) is 9.03. The van der Waals surface area contributed by atoms with Gasteiger partial charge in [-0.3, -0.25) is 4.79 Å². The molecule has 1 aliphatic carbocycles. The molecule has 2 atom stereocenters. The first kappa shape index (κ1) is 20.8. The monoisotopic (exact) mass is 409 g/mol. The van der Waals surface area contributed by atoms with Crippen molar-refractivity contribution in [1.82, 2.24) is 4.90 Å². The highest BCUT2D eigenvalue weighted by atomic mass is 19.3. The number of nitrogens with two attached hydrogens (primary N) is 1. The van der Waals surface area contributed by atoms with Gasteiger partial charge in [-0.05, 0) is 11.6 Å². The smallest absolute Gasteiger partial charge is 0.387 e. The van der Waals surface area contributed by atoms with Gasteiger partial charge in [-0.2, -0.15) is 24.6 Å². The van der Waals surface area contributed by atoms with Gasteiger partial charge < -0.3 is 15.4 Å². The van der Waals surface area contributed by atoms with Crippen molar-refractivity contribution in [2.24, 2.45) is 17.1 Å². The molecule has 0 aromatic heterocycles. The summed E-state index contributed by atoms with van der Waals surface area (Å²) in [4.78, 5) is 13.5. The number of rotatable bonds is 3. The fourth-order valence-electron chi connectivity index (χ4n) is 4.22. The number of allylic oxidation sites excluding steroid dienone is 2. The molecule has 152 valence electrons. The minimum Gasteiger partial charge on any atom is -0.435 e. The highest BCUT2D eigenvalue weighted by molar-refractivity contribution is 5.74. The van der Waals surface area contributed by atoms with E-state index in [9.17, 15) is 29.4 Å². The summed E-state index contributed by atoms with van der Waals surface area (Å²) in [6.45, 7) is -1.42. The third-order valence-corrected chi connectivity index (χ3v) is 5.58. The van der Waals surface area contributed by atoms with Crippen LogP contribution in [0.2, 0.25) is 0 Å². The van der Waals surface area contributed by atoms with Crippen LogP contribution in [0.5, 0.6) is 5.75 Å². The summed E-state index contributed by atoms with van der Waals surface area (Å²) in [6.07, 6.45) is 1.66. The maximum atomic E-state index is 13.0. The minimum absolute atomic E-state index is 0.00908. The Morgan fingerprint density at radius 1 is 1.30 bits per heavy atom. The molecule has 0 spiro atoms. The molecular weight excluding hydrogens is 392 g/mol. The molecule has 1 aliphatic heterocycles. The molecule has 1 amide bonds. The second-order valence-electron chi connectivity index (χ2n) is 7.02. The van der Waals surface area contributed by atoms with E-state index in [2.05, 4.69) is 4.74 Å². The number of ether oxygens (including phenoxy) is 1. The van der Waals surface area contributed by atoms with E-state index in [-0.39, 0.29) is 41.6 Å². The van der Waals surface area contributed by atoms with Gasteiger partial charge in [0.25, 0.3) is 0 Å². The lowest BCUT2D eigenvalue weighted by atomic mass is 9.58. The Hall–Kier alpha value is -3.90. The van der Waals surface area contributed by atoms with Crippen LogP contribution in [0, 0.1) is 45.3 Å². The number of fused-ring (bicyclic) bond motifs is 1. The third kappa shape index (κ3) is 3.13. The molecule has 0 saturated heterocycles. The normalized spacial score (nSPS) is 22.3. The van der Waals surface area contributed by atoms with Gasteiger partial charge in [0, 0.05) is 37.4 Å². The zero-order valence-electron chi connectivity index (χ0n) is 16.0. The van der Waals surface area contributed by atoms with E-state index in [0.29, 0.717) is 5.57 Å². The molecule has 0 radical (unpaired) electrons. The average molecular weight is 409 g/mol. The minimum atomic E-state index is -3.12. The van der Waals surface area contributed by atoms with Crippen LogP contribution in [0.15, 0.2) is 47.2 Å². The number of carbonyl (C=O) groups excluding carboxylic acids is 1. The Balaban J connectivity index is 2.33. The second-order valence-corrected chi connectivity index (χ2v) is 7.02. The van der Waals surface area contributed by atoms with E-state index in [4.69, 9.17) is 5.73 Å². The first-order chi connectivity index (χ1) is 14.3. The lowest BCUT2D eigenvalue weighted by Crippen LogP contribution is -2.49. The predicted octanol–water partition coefficient (Wildman–Crippen LogP) is 2.56. The summed E-state index contributed by atoms with van der Waals surface area (Å²) in [5.74, 6) is -2.15. The number of benzene rings is 1. The van der Waals surface area contributed by atoms with Crippen LogP contribution < -0.4 is 10.5 Å². The average Bonchev–Trinajstić information content (AvgIpc) is 2.73. The van der Waals surface area contributed by atoms with Gasteiger partial charge in [0.1, 0.15) is 11.8 Å². The summed E-state index contributed by atoms with van der Waals surface area (Å²) in [5.41, 5.74) is 4.62. The number of hydrogen-bond acceptors (Lipinski definition) is 6. The van der Waals surface area contributed by atoms with Gasteiger partial charge in [0.2, 0.25) is 5.91 Å². The van der Waals surface area contributed by atoms with Crippen molar-refractivity contribution in [1.29, 1.82) is 15.8 Å². The Morgan fingerprint density at radius 2 is 1.97 bits per heavy atom. The van der Waals surface area contributed by atoms with E-state index in [1.54, 1.807) is 12.1 Å². The van der Waals surface area contributed by atoms with Crippen molar-refractivity contribution in [3.05, 3.63) is 52.7 Å². The number of halogens is 2. The number of amides is 1. The van der Waals surface area contributed by atoms with Gasteiger partial charge in [-0.25, -0.2) is 0 Å². The van der Waals surface area contributed by atoms with Gasteiger partial charge in [0.15, 0.2) is 5.41 Å². The number of hydrogen-bond donors (Lipinski definition) is 1. The number of carbonyl (C=O) groups is 1. The topological polar surface area (TPSA) is 127 Å². The fourth-order valence-corrected chi connectivity index (χ4v) is 4.22. The number of nitrogens with zero attached hydrogens (tertiary/aromatic N) is 4. The summed E-state index contributed by atoms with van der Waals surface area (Å²) in [6, 6.07) is 11.7. The molecule has 2 N–H and O–H groups in total. The molecule has 0 fully saturated rings. The standard InChI is InChI=1S/C21H17F2N5O2/c1-12(29)28-7-6-13-15(8-24)19(27)21(10-25,11-26)18(16(13)9-28)14-4-2-3-5-17(14)30-20(22)23/h2-6,16,18,20H,7,9,27H2,1H3/t16-,18+/m1/s1. The number of nitriles is 3. The quantitative estimate of drug-likeness (QED) is 0.817. The SMILES string of the molecule is CC(=O)N1CC=C2C(C#N)=C(N)C(C#N)(C#N)[C@@H](c3ccccc3OC(F)F)[C@@H]2C1. The van der Waals surface area contributed by atoms with Gasteiger partial charge >= 0.3 is 6.61 Å². The Kier molecular flexibility index (Phi) is 5.45. The molecule has 1 aromatic carbocycles. The molecule has 1 aromatic rings. The van der Waals surface area contributed by atoms with Gasteiger partial charge in [-0.1, -0.05) is 24.3 Å². The van der Waals surface area contributed by atoms with Crippen molar-refractivity contribution in [2.75, 3.05) is 13.1 Å². The lowest BCUT2D eigenvalue weighted by molar-refractivity contribution is -0.129. The van der Waals surface area contributed by atoms with Crippen LogP contribution >= 0.6 is 0 Å². The zero-order valence-corrected chi connectivity index (χ0v) is 16.0. The molecule has 3 rings (SSSR count). The Morgan fingerprint density at radius 3 is 2.53 bits per heavy atom. The molecule has 7 nitrogen and oxygen atoms in total. The molecule has 1 heterocycles. The van der Waals surface area contributed by atoms with E-state index in [0.717, 1.165) is 0 Å². The van der Waals surface area contributed by atoms with Crippen molar-refractivity contribution < 1.29 is 18.3 Å². The van der Waals surface area contributed by atoms with E-state index in [1.165, 1.54) is 30.0 Å². The molecule has 0 unspecified atom stereocenters. The highest BCUT2D eigenvalue weighted by Crippen LogP contribution is 2.55. The summed E-state index contributed by atoms with van der Waals surface area (Å²) in [5, 5.41) is 29.7.